The molecule has 2 aromatic rings. The molecular formula is C16H19ClN4O. The standard InChI is InChI=1S/C16H19ClN4O/c1-11-12(2)20(8-7-18-11)16(22)13-9-19-21(10-13)15-5-3-14(17)4-6-15/h3-6,9-12,18H,7-8H2,1-2H3. The average Bonchev–Trinajstić information content (AvgIpc) is 3.00. The maximum atomic E-state index is 12.7. The van der Waals surface area contributed by atoms with Gasteiger partial charge in [0.25, 0.3) is 5.91 Å². The number of rotatable bonds is 2. The van der Waals surface area contributed by atoms with Crippen LogP contribution >= 0.6 is 11.6 Å². The molecule has 1 fully saturated rings. The maximum absolute atomic E-state index is 12.7. The van der Waals surface area contributed by atoms with Crippen LogP contribution in [0.4, 0.5) is 0 Å². The average molecular weight is 319 g/mol. The molecule has 1 aromatic carbocycles. The van der Waals surface area contributed by atoms with Crippen molar-refractivity contribution < 1.29 is 4.79 Å². The van der Waals surface area contributed by atoms with E-state index in [1.165, 1.54) is 0 Å². The first-order valence-electron chi connectivity index (χ1n) is 7.41. The second-order valence-corrected chi connectivity index (χ2v) is 6.07. The predicted molar refractivity (Wildman–Crippen MR) is 86.5 cm³/mol. The Hall–Kier alpha value is -1.85. The third kappa shape index (κ3) is 2.87. The fourth-order valence-electron chi connectivity index (χ4n) is 2.68. The van der Waals surface area contributed by atoms with Crippen molar-refractivity contribution in [2.24, 2.45) is 0 Å². The van der Waals surface area contributed by atoms with E-state index in [9.17, 15) is 4.79 Å². The molecule has 2 heterocycles. The highest BCUT2D eigenvalue weighted by Gasteiger charge is 2.29. The summed E-state index contributed by atoms with van der Waals surface area (Å²) < 4.78 is 1.69. The Labute approximate surface area is 134 Å². The van der Waals surface area contributed by atoms with Crippen LogP contribution in [-0.2, 0) is 0 Å². The van der Waals surface area contributed by atoms with Gasteiger partial charge in [0.05, 0.1) is 17.4 Å². The Kier molecular flexibility index (Phi) is 4.18. The molecule has 116 valence electrons. The van der Waals surface area contributed by atoms with Gasteiger partial charge >= 0.3 is 0 Å². The number of nitrogens with zero attached hydrogens (tertiary/aromatic N) is 3. The van der Waals surface area contributed by atoms with Gasteiger partial charge in [-0.1, -0.05) is 11.6 Å². The Morgan fingerprint density at radius 2 is 2.05 bits per heavy atom. The summed E-state index contributed by atoms with van der Waals surface area (Å²) in [6.07, 6.45) is 3.39. The number of hydrogen-bond acceptors (Lipinski definition) is 3. The summed E-state index contributed by atoms with van der Waals surface area (Å²) in [6.45, 7) is 5.71. The van der Waals surface area contributed by atoms with Gasteiger partial charge in [-0.15, -0.1) is 0 Å². The van der Waals surface area contributed by atoms with E-state index in [1.54, 1.807) is 29.2 Å². The number of amides is 1. The Morgan fingerprint density at radius 1 is 1.32 bits per heavy atom. The van der Waals surface area contributed by atoms with E-state index >= 15 is 0 Å². The first kappa shape index (κ1) is 15.1. The number of aromatic nitrogens is 2. The van der Waals surface area contributed by atoms with Crippen molar-refractivity contribution in [2.75, 3.05) is 13.1 Å². The highest BCUT2D eigenvalue weighted by molar-refractivity contribution is 6.30. The fraction of sp³-hybridized carbons (Fsp3) is 0.375. The topological polar surface area (TPSA) is 50.2 Å². The molecule has 6 heteroatoms. The van der Waals surface area contributed by atoms with E-state index in [1.807, 2.05) is 17.0 Å². The molecule has 1 N–H and O–H groups in total. The lowest BCUT2D eigenvalue weighted by Crippen LogP contribution is -2.57. The quantitative estimate of drug-likeness (QED) is 0.924. The summed E-state index contributed by atoms with van der Waals surface area (Å²) in [5, 5.41) is 8.34. The van der Waals surface area contributed by atoms with Crippen LogP contribution in [0.3, 0.4) is 0 Å². The van der Waals surface area contributed by atoms with E-state index in [0.717, 1.165) is 18.8 Å². The molecule has 1 amide bonds. The van der Waals surface area contributed by atoms with Crippen LogP contribution in [0, 0.1) is 0 Å². The molecule has 0 bridgehead atoms. The van der Waals surface area contributed by atoms with Crippen LogP contribution in [0.15, 0.2) is 36.7 Å². The summed E-state index contributed by atoms with van der Waals surface area (Å²) in [7, 11) is 0. The Morgan fingerprint density at radius 3 is 2.77 bits per heavy atom. The van der Waals surface area contributed by atoms with Crippen LogP contribution in [-0.4, -0.2) is 45.8 Å². The zero-order valence-corrected chi connectivity index (χ0v) is 13.4. The van der Waals surface area contributed by atoms with Gasteiger partial charge < -0.3 is 10.2 Å². The lowest BCUT2D eigenvalue weighted by Gasteiger charge is -2.38. The Bertz CT molecular complexity index is 667. The minimum Gasteiger partial charge on any atom is -0.333 e. The molecule has 1 aliphatic rings. The molecule has 1 aromatic heterocycles. The molecule has 0 saturated carbocycles. The highest BCUT2D eigenvalue weighted by atomic mass is 35.5. The third-order valence-electron chi connectivity index (χ3n) is 4.22. The van der Waals surface area contributed by atoms with Crippen molar-refractivity contribution >= 4 is 17.5 Å². The lowest BCUT2D eigenvalue weighted by molar-refractivity contribution is 0.0603. The fourth-order valence-corrected chi connectivity index (χ4v) is 2.80. The molecule has 3 rings (SSSR count). The minimum atomic E-state index is 0.0288. The van der Waals surface area contributed by atoms with Gasteiger partial charge in [-0.3, -0.25) is 4.79 Å². The first-order chi connectivity index (χ1) is 10.6. The van der Waals surface area contributed by atoms with Gasteiger partial charge in [-0.2, -0.15) is 5.10 Å². The third-order valence-corrected chi connectivity index (χ3v) is 4.47. The van der Waals surface area contributed by atoms with E-state index in [-0.39, 0.29) is 11.9 Å². The minimum absolute atomic E-state index is 0.0288. The van der Waals surface area contributed by atoms with Gasteiger partial charge in [0.2, 0.25) is 0 Å². The van der Waals surface area contributed by atoms with E-state index in [4.69, 9.17) is 11.6 Å². The number of carbonyl (C=O) groups is 1. The summed E-state index contributed by atoms with van der Waals surface area (Å²) >= 11 is 5.89. The van der Waals surface area contributed by atoms with Crippen molar-refractivity contribution in [3.05, 3.63) is 47.2 Å². The molecular weight excluding hydrogens is 300 g/mol. The van der Waals surface area contributed by atoms with Gasteiger partial charge in [-0.25, -0.2) is 4.68 Å². The zero-order chi connectivity index (χ0) is 15.7. The number of benzene rings is 1. The number of hydrogen-bond donors (Lipinski definition) is 1. The van der Waals surface area contributed by atoms with Crippen molar-refractivity contribution in [3.63, 3.8) is 0 Å². The van der Waals surface area contributed by atoms with Crippen LogP contribution in [0.2, 0.25) is 5.02 Å². The van der Waals surface area contributed by atoms with Crippen LogP contribution < -0.4 is 5.32 Å². The van der Waals surface area contributed by atoms with Gasteiger partial charge in [-0.05, 0) is 38.1 Å². The monoisotopic (exact) mass is 318 g/mol. The van der Waals surface area contributed by atoms with E-state index < -0.39 is 0 Å². The van der Waals surface area contributed by atoms with Gasteiger partial charge in [0.1, 0.15) is 0 Å². The molecule has 22 heavy (non-hydrogen) atoms. The van der Waals surface area contributed by atoms with Crippen LogP contribution in [0.25, 0.3) is 5.69 Å². The number of halogens is 1. The molecule has 0 radical (unpaired) electrons. The zero-order valence-electron chi connectivity index (χ0n) is 12.7. The second-order valence-electron chi connectivity index (χ2n) is 5.63. The van der Waals surface area contributed by atoms with E-state index in [2.05, 4.69) is 24.3 Å². The van der Waals surface area contributed by atoms with Crippen molar-refractivity contribution in [2.45, 2.75) is 25.9 Å². The summed E-state index contributed by atoms with van der Waals surface area (Å²) in [6, 6.07) is 7.82. The van der Waals surface area contributed by atoms with Crippen molar-refractivity contribution in [1.82, 2.24) is 20.0 Å². The number of nitrogens with one attached hydrogen (secondary N) is 1. The molecule has 2 unspecified atom stereocenters. The molecule has 0 spiro atoms. The molecule has 5 nitrogen and oxygen atoms in total. The SMILES string of the molecule is CC1NCCN(C(=O)c2cnn(-c3ccc(Cl)cc3)c2)C1C. The van der Waals surface area contributed by atoms with Crippen LogP contribution in [0.5, 0.6) is 0 Å². The van der Waals surface area contributed by atoms with E-state index in [0.29, 0.717) is 16.6 Å². The van der Waals surface area contributed by atoms with Gasteiger partial charge in [0.15, 0.2) is 0 Å². The molecule has 2 atom stereocenters. The molecule has 1 saturated heterocycles. The first-order valence-corrected chi connectivity index (χ1v) is 7.79. The van der Waals surface area contributed by atoms with Gasteiger partial charge in [0, 0.05) is 36.4 Å². The summed E-state index contributed by atoms with van der Waals surface area (Å²) in [4.78, 5) is 14.6. The predicted octanol–water partition coefficient (Wildman–Crippen LogP) is 2.35. The maximum Gasteiger partial charge on any atom is 0.257 e. The normalized spacial score (nSPS) is 21.9. The summed E-state index contributed by atoms with van der Waals surface area (Å²) in [5.74, 6) is 0.0288. The lowest BCUT2D eigenvalue weighted by atomic mass is 10.1. The number of carbonyl (C=O) groups excluding carboxylic acids is 1. The van der Waals surface area contributed by atoms with Crippen molar-refractivity contribution in [1.29, 1.82) is 0 Å². The number of piperazine rings is 1. The Balaban J connectivity index is 1.81. The second kappa shape index (κ2) is 6.10. The summed E-state index contributed by atoms with van der Waals surface area (Å²) in [5.41, 5.74) is 1.49. The molecule has 1 aliphatic heterocycles. The van der Waals surface area contributed by atoms with Crippen molar-refractivity contribution in [3.8, 4) is 5.69 Å². The largest absolute Gasteiger partial charge is 0.333 e. The van der Waals surface area contributed by atoms with Crippen LogP contribution in [0.1, 0.15) is 24.2 Å². The smallest absolute Gasteiger partial charge is 0.257 e. The molecule has 0 aliphatic carbocycles. The highest BCUT2D eigenvalue weighted by Crippen LogP contribution is 2.16.